The Morgan fingerprint density at radius 3 is 2.86 bits per heavy atom. The molecule has 1 nitrogen and oxygen atoms in total. The molecule has 0 amide bonds. The summed E-state index contributed by atoms with van der Waals surface area (Å²) in [6.45, 7) is 0.757. The van der Waals surface area contributed by atoms with Gasteiger partial charge >= 0.3 is 0 Å². The van der Waals surface area contributed by atoms with Crippen molar-refractivity contribution in [2.45, 2.75) is 25.4 Å². The summed E-state index contributed by atoms with van der Waals surface area (Å²) in [7, 11) is 0. The van der Waals surface area contributed by atoms with Crippen molar-refractivity contribution in [3.8, 4) is 0 Å². The van der Waals surface area contributed by atoms with Crippen LogP contribution in [0.25, 0.3) is 0 Å². The third-order valence-electron chi connectivity index (χ3n) is 2.49. The van der Waals surface area contributed by atoms with E-state index in [-0.39, 0.29) is 6.10 Å². The Bertz CT molecular complexity index is 319. The molecule has 1 atom stereocenters. The van der Waals surface area contributed by atoms with Gasteiger partial charge in [-0.1, -0.05) is 6.07 Å². The molecular formula is C11H12F2O. The van der Waals surface area contributed by atoms with Crippen molar-refractivity contribution in [3.63, 3.8) is 0 Å². The van der Waals surface area contributed by atoms with Gasteiger partial charge in [0.15, 0.2) is 0 Å². The highest BCUT2D eigenvalue weighted by Gasteiger charge is 2.17. The first-order chi connectivity index (χ1) is 6.75. The van der Waals surface area contributed by atoms with Crippen LogP contribution in [0.3, 0.4) is 0 Å². The van der Waals surface area contributed by atoms with Crippen LogP contribution < -0.4 is 0 Å². The molecule has 1 aromatic rings. The molecule has 1 heterocycles. The molecule has 76 valence electrons. The number of halogens is 2. The molecule has 0 aliphatic carbocycles. The molecule has 14 heavy (non-hydrogen) atoms. The molecule has 0 N–H and O–H groups in total. The van der Waals surface area contributed by atoms with Crippen LogP contribution in [0.15, 0.2) is 18.2 Å². The molecule has 0 bridgehead atoms. The van der Waals surface area contributed by atoms with Gasteiger partial charge in [0.2, 0.25) is 0 Å². The van der Waals surface area contributed by atoms with Crippen LogP contribution >= 0.6 is 0 Å². The minimum absolute atomic E-state index is 0.106. The second-order valence-electron chi connectivity index (χ2n) is 3.57. The van der Waals surface area contributed by atoms with E-state index in [1.165, 1.54) is 12.1 Å². The number of ether oxygens (including phenoxy) is 1. The Labute approximate surface area is 81.7 Å². The average molecular weight is 198 g/mol. The molecular weight excluding hydrogens is 186 g/mol. The van der Waals surface area contributed by atoms with Gasteiger partial charge in [-0.15, -0.1) is 0 Å². The monoisotopic (exact) mass is 198 g/mol. The zero-order chi connectivity index (χ0) is 9.97. The number of rotatable bonds is 2. The van der Waals surface area contributed by atoms with Crippen molar-refractivity contribution >= 4 is 0 Å². The summed E-state index contributed by atoms with van der Waals surface area (Å²) in [5.74, 6) is -1.00. The second-order valence-corrected chi connectivity index (χ2v) is 3.57. The minimum atomic E-state index is -0.529. The molecule has 0 spiro atoms. The fourth-order valence-corrected chi connectivity index (χ4v) is 1.74. The standard InChI is InChI=1S/C11H12F2O/c12-9-4-3-8(11(13)7-9)6-10-2-1-5-14-10/h3-4,7,10H,1-2,5-6H2. The minimum Gasteiger partial charge on any atom is -0.378 e. The number of benzene rings is 1. The first-order valence-corrected chi connectivity index (χ1v) is 4.81. The summed E-state index contributed by atoms with van der Waals surface area (Å²) in [5, 5.41) is 0. The Morgan fingerprint density at radius 2 is 2.21 bits per heavy atom. The maximum absolute atomic E-state index is 13.2. The van der Waals surface area contributed by atoms with E-state index in [9.17, 15) is 8.78 Å². The number of hydrogen-bond donors (Lipinski definition) is 0. The van der Waals surface area contributed by atoms with Gasteiger partial charge in [-0.3, -0.25) is 0 Å². The average Bonchev–Trinajstić information content (AvgIpc) is 2.62. The van der Waals surface area contributed by atoms with Crippen molar-refractivity contribution in [1.29, 1.82) is 0 Å². The third-order valence-corrected chi connectivity index (χ3v) is 2.49. The van der Waals surface area contributed by atoms with E-state index in [1.54, 1.807) is 0 Å². The van der Waals surface area contributed by atoms with Crippen molar-refractivity contribution < 1.29 is 13.5 Å². The molecule has 3 heteroatoms. The summed E-state index contributed by atoms with van der Waals surface area (Å²) < 4.78 is 31.2. The van der Waals surface area contributed by atoms with Gasteiger partial charge in [0.25, 0.3) is 0 Å². The predicted molar refractivity (Wildman–Crippen MR) is 49.0 cm³/mol. The largest absolute Gasteiger partial charge is 0.378 e. The third kappa shape index (κ3) is 2.10. The summed E-state index contributed by atoms with van der Waals surface area (Å²) in [5.41, 5.74) is 0.540. The molecule has 1 aromatic carbocycles. The van der Waals surface area contributed by atoms with Crippen LogP contribution in [0, 0.1) is 11.6 Å². The quantitative estimate of drug-likeness (QED) is 0.710. The van der Waals surface area contributed by atoms with E-state index in [4.69, 9.17) is 4.74 Å². The van der Waals surface area contributed by atoms with E-state index in [2.05, 4.69) is 0 Å². The predicted octanol–water partition coefficient (Wildman–Crippen LogP) is 2.69. The Kier molecular flexibility index (Phi) is 2.77. The lowest BCUT2D eigenvalue weighted by Crippen LogP contribution is -2.10. The van der Waals surface area contributed by atoms with E-state index in [0.29, 0.717) is 12.0 Å². The molecule has 0 aromatic heterocycles. The molecule has 0 radical (unpaired) electrons. The van der Waals surface area contributed by atoms with Crippen LogP contribution in [-0.2, 0) is 11.2 Å². The van der Waals surface area contributed by atoms with E-state index >= 15 is 0 Å². The highest BCUT2D eigenvalue weighted by molar-refractivity contribution is 5.19. The lowest BCUT2D eigenvalue weighted by molar-refractivity contribution is 0.110. The fourth-order valence-electron chi connectivity index (χ4n) is 1.74. The molecule has 1 aliphatic rings. The van der Waals surface area contributed by atoms with Crippen molar-refractivity contribution in [2.24, 2.45) is 0 Å². The number of hydrogen-bond acceptors (Lipinski definition) is 1. The highest BCUT2D eigenvalue weighted by atomic mass is 19.1. The molecule has 1 saturated heterocycles. The van der Waals surface area contributed by atoms with Crippen molar-refractivity contribution in [1.82, 2.24) is 0 Å². The Morgan fingerprint density at radius 1 is 1.36 bits per heavy atom. The normalized spacial score (nSPS) is 21.4. The van der Waals surface area contributed by atoms with Crippen molar-refractivity contribution in [2.75, 3.05) is 6.61 Å². The first-order valence-electron chi connectivity index (χ1n) is 4.81. The van der Waals surface area contributed by atoms with Crippen molar-refractivity contribution in [3.05, 3.63) is 35.4 Å². The van der Waals surface area contributed by atoms with Gasteiger partial charge in [-0.2, -0.15) is 0 Å². The van der Waals surface area contributed by atoms with Crippen LogP contribution in [0.2, 0.25) is 0 Å². The fraction of sp³-hybridized carbons (Fsp3) is 0.455. The zero-order valence-electron chi connectivity index (χ0n) is 7.80. The van der Waals surface area contributed by atoms with Gasteiger partial charge in [0.1, 0.15) is 11.6 Å². The maximum Gasteiger partial charge on any atom is 0.129 e. The van der Waals surface area contributed by atoms with Gasteiger partial charge in [-0.05, 0) is 24.5 Å². The van der Waals surface area contributed by atoms with Crippen LogP contribution in [0.5, 0.6) is 0 Å². The summed E-state index contributed by atoms with van der Waals surface area (Å²) in [4.78, 5) is 0. The molecule has 0 saturated carbocycles. The SMILES string of the molecule is Fc1ccc(CC2CCCO2)c(F)c1. The topological polar surface area (TPSA) is 9.23 Å². The molecule has 2 rings (SSSR count). The zero-order valence-corrected chi connectivity index (χ0v) is 7.80. The Hall–Kier alpha value is -0.960. The van der Waals surface area contributed by atoms with Gasteiger partial charge in [-0.25, -0.2) is 8.78 Å². The van der Waals surface area contributed by atoms with E-state index < -0.39 is 11.6 Å². The maximum atomic E-state index is 13.2. The van der Waals surface area contributed by atoms with Gasteiger partial charge < -0.3 is 4.74 Å². The summed E-state index contributed by atoms with van der Waals surface area (Å²) >= 11 is 0. The molecule has 1 unspecified atom stereocenters. The highest BCUT2D eigenvalue weighted by Crippen LogP contribution is 2.19. The second kappa shape index (κ2) is 4.05. The molecule has 1 fully saturated rings. The van der Waals surface area contributed by atoms with E-state index in [0.717, 1.165) is 25.5 Å². The van der Waals surface area contributed by atoms with Gasteiger partial charge in [0, 0.05) is 19.1 Å². The Balaban J connectivity index is 2.08. The van der Waals surface area contributed by atoms with Crippen LogP contribution in [0.1, 0.15) is 18.4 Å². The van der Waals surface area contributed by atoms with Crippen LogP contribution in [0.4, 0.5) is 8.78 Å². The molecule has 1 aliphatic heterocycles. The lowest BCUT2D eigenvalue weighted by Gasteiger charge is -2.09. The van der Waals surface area contributed by atoms with E-state index in [1.807, 2.05) is 0 Å². The van der Waals surface area contributed by atoms with Gasteiger partial charge in [0.05, 0.1) is 6.10 Å². The summed E-state index contributed by atoms with van der Waals surface area (Å²) in [6, 6.07) is 3.70. The summed E-state index contributed by atoms with van der Waals surface area (Å²) in [6.07, 6.45) is 2.66. The first kappa shape index (κ1) is 9.59. The smallest absolute Gasteiger partial charge is 0.129 e. The van der Waals surface area contributed by atoms with Crippen LogP contribution in [-0.4, -0.2) is 12.7 Å². The lowest BCUT2D eigenvalue weighted by atomic mass is 10.1.